The zero-order valence-corrected chi connectivity index (χ0v) is 24.8. The Balaban J connectivity index is 0.00000169. The summed E-state index contributed by atoms with van der Waals surface area (Å²) < 4.78 is 22.5. The number of hydrogen-bond donors (Lipinski definition) is 1. The minimum Gasteiger partial charge on any atom is -0.493 e. The average Bonchev–Trinajstić information content (AvgIpc) is 2.91. The molecule has 3 aliphatic rings. The van der Waals surface area contributed by atoms with Gasteiger partial charge < -0.3 is 29.7 Å². The van der Waals surface area contributed by atoms with Gasteiger partial charge in [0.2, 0.25) is 0 Å². The first kappa shape index (κ1) is 32.3. The molecule has 9 heteroatoms. The van der Waals surface area contributed by atoms with Crippen LogP contribution in [-0.2, 0) is 12.8 Å². The van der Waals surface area contributed by atoms with Gasteiger partial charge in [0.05, 0.1) is 28.4 Å². The summed E-state index contributed by atoms with van der Waals surface area (Å²) in [6, 6.07) is 9.61. The second kappa shape index (κ2) is 13.9. The monoisotopic (exact) mass is 570 g/mol. The van der Waals surface area contributed by atoms with E-state index in [0.29, 0.717) is 23.9 Å². The number of rotatable bonds is 7. The maximum atomic E-state index is 5.68. The molecule has 0 amide bonds. The van der Waals surface area contributed by atoms with Gasteiger partial charge in [0.1, 0.15) is 0 Å². The normalized spacial score (nSPS) is 23.7. The summed E-state index contributed by atoms with van der Waals surface area (Å²) in [5, 5.41) is 3.83. The van der Waals surface area contributed by atoms with Crippen LogP contribution in [0.25, 0.3) is 0 Å². The summed E-state index contributed by atoms with van der Waals surface area (Å²) in [7, 11) is 6.90. The summed E-state index contributed by atoms with van der Waals surface area (Å²) in [4.78, 5) is 2.72. The van der Waals surface area contributed by atoms with Gasteiger partial charge in [0, 0.05) is 25.2 Å². The van der Waals surface area contributed by atoms with Crippen LogP contribution in [0.2, 0.25) is 0 Å². The Morgan fingerprint density at radius 2 is 1.34 bits per heavy atom. The molecule has 0 saturated carbocycles. The van der Waals surface area contributed by atoms with Crippen molar-refractivity contribution in [2.75, 3.05) is 48.1 Å². The van der Waals surface area contributed by atoms with Gasteiger partial charge in [-0.2, -0.15) is 0 Å². The number of fused-ring (bicyclic) bond motifs is 4. The fourth-order valence-corrected chi connectivity index (χ4v) is 6.74. The SMILES string of the molecule is CCC1CN2CCc3cc(OC)c(OC)cc3[C@@H]2C[C@@H]1C[C@H]1NCCc2cc(OC)c(OC)cc21.Cl.Cl.O. The number of benzene rings is 2. The zero-order chi connectivity index (χ0) is 24.5. The van der Waals surface area contributed by atoms with Gasteiger partial charge in [0.25, 0.3) is 0 Å². The summed E-state index contributed by atoms with van der Waals surface area (Å²) in [6.07, 6.45) is 5.65. The molecule has 1 saturated heterocycles. The Morgan fingerprint density at radius 3 is 1.92 bits per heavy atom. The molecular weight excluding hydrogens is 527 g/mol. The van der Waals surface area contributed by atoms with Crippen molar-refractivity contribution in [2.24, 2.45) is 11.8 Å². The smallest absolute Gasteiger partial charge is 0.161 e. The third-order valence-electron chi connectivity index (χ3n) is 8.64. The molecule has 3 N–H and O–H groups in total. The van der Waals surface area contributed by atoms with Crippen LogP contribution in [0.15, 0.2) is 24.3 Å². The van der Waals surface area contributed by atoms with E-state index in [1.165, 1.54) is 41.6 Å². The van der Waals surface area contributed by atoms with Crippen molar-refractivity contribution in [3.8, 4) is 23.0 Å². The molecule has 0 aromatic heterocycles. The largest absolute Gasteiger partial charge is 0.493 e. The van der Waals surface area contributed by atoms with E-state index in [2.05, 4.69) is 41.4 Å². The van der Waals surface area contributed by atoms with Crippen LogP contribution in [0.4, 0.5) is 0 Å². The maximum absolute atomic E-state index is 5.68. The van der Waals surface area contributed by atoms with E-state index >= 15 is 0 Å². The molecule has 38 heavy (non-hydrogen) atoms. The van der Waals surface area contributed by atoms with Crippen LogP contribution >= 0.6 is 24.8 Å². The number of methoxy groups -OCH3 is 4. The van der Waals surface area contributed by atoms with Gasteiger partial charge in [-0.3, -0.25) is 4.90 Å². The number of hydrogen-bond acceptors (Lipinski definition) is 6. The van der Waals surface area contributed by atoms with Crippen LogP contribution in [-0.4, -0.2) is 58.4 Å². The molecular formula is C29H44Cl2N2O5. The highest BCUT2D eigenvalue weighted by Crippen LogP contribution is 2.48. The van der Waals surface area contributed by atoms with Crippen molar-refractivity contribution in [3.05, 3.63) is 46.5 Å². The third kappa shape index (κ3) is 5.97. The van der Waals surface area contributed by atoms with Crippen molar-refractivity contribution in [2.45, 2.75) is 51.1 Å². The Hall–Kier alpha value is -1.90. The second-order valence-electron chi connectivity index (χ2n) is 10.2. The fraction of sp³-hybridized carbons (Fsp3) is 0.586. The Bertz CT molecular complexity index is 1070. The molecule has 2 aromatic carbocycles. The topological polar surface area (TPSA) is 83.7 Å². The molecule has 214 valence electrons. The minimum absolute atomic E-state index is 0. The van der Waals surface area contributed by atoms with E-state index in [-0.39, 0.29) is 30.3 Å². The minimum atomic E-state index is 0. The molecule has 7 nitrogen and oxygen atoms in total. The lowest BCUT2D eigenvalue weighted by atomic mass is 9.72. The molecule has 3 aliphatic heterocycles. The quantitative estimate of drug-likeness (QED) is 0.506. The summed E-state index contributed by atoms with van der Waals surface area (Å²) in [5.74, 6) is 4.69. The van der Waals surface area contributed by atoms with E-state index in [1.54, 1.807) is 28.4 Å². The molecule has 0 bridgehead atoms. The van der Waals surface area contributed by atoms with Crippen LogP contribution < -0.4 is 24.3 Å². The van der Waals surface area contributed by atoms with E-state index in [4.69, 9.17) is 18.9 Å². The summed E-state index contributed by atoms with van der Waals surface area (Å²) in [6.45, 7) is 5.66. The second-order valence-corrected chi connectivity index (χ2v) is 10.2. The van der Waals surface area contributed by atoms with Gasteiger partial charge in [-0.15, -0.1) is 24.8 Å². The van der Waals surface area contributed by atoms with E-state index in [1.807, 2.05) is 0 Å². The predicted octanol–water partition coefficient (Wildman–Crippen LogP) is 4.96. The first-order valence-electron chi connectivity index (χ1n) is 13.1. The summed E-state index contributed by atoms with van der Waals surface area (Å²) >= 11 is 0. The van der Waals surface area contributed by atoms with Gasteiger partial charge in [0.15, 0.2) is 23.0 Å². The van der Waals surface area contributed by atoms with Crippen molar-refractivity contribution < 1.29 is 24.4 Å². The highest BCUT2D eigenvalue weighted by Gasteiger charge is 2.40. The van der Waals surface area contributed by atoms with Gasteiger partial charge in [-0.25, -0.2) is 0 Å². The van der Waals surface area contributed by atoms with Gasteiger partial charge in [-0.05, 0) is 90.6 Å². The average molecular weight is 572 g/mol. The molecule has 0 radical (unpaired) electrons. The summed E-state index contributed by atoms with van der Waals surface area (Å²) in [5.41, 5.74) is 5.60. The molecule has 1 unspecified atom stereocenters. The lowest BCUT2D eigenvalue weighted by molar-refractivity contribution is 0.0434. The predicted molar refractivity (Wildman–Crippen MR) is 156 cm³/mol. The maximum Gasteiger partial charge on any atom is 0.161 e. The highest BCUT2D eigenvalue weighted by atomic mass is 35.5. The van der Waals surface area contributed by atoms with Crippen LogP contribution in [0.3, 0.4) is 0 Å². The van der Waals surface area contributed by atoms with E-state index in [0.717, 1.165) is 55.4 Å². The Labute approximate surface area is 239 Å². The molecule has 1 fully saturated rings. The molecule has 0 spiro atoms. The highest BCUT2D eigenvalue weighted by molar-refractivity contribution is 5.85. The van der Waals surface area contributed by atoms with Gasteiger partial charge in [-0.1, -0.05) is 13.3 Å². The zero-order valence-electron chi connectivity index (χ0n) is 23.2. The third-order valence-corrected chi connectivity index (χ3v) is 8.64. The van der Waals surface area contributed by atoms with Crippen LogP contribution in [0.1, 0.15) is 60.5 Å². The lowest BCUT2D eigenvalue weighted by Gasteiger charge is -2.48. The number of ether oxygens (including phenoxy) is 4. The number of piperidine rings is 1. The van der Waals surface area contributed by atoms with E-state index in [9.17, 15) is 0 Å². The molecule has 0 aliphatic carbocycles. The van der Waals surface area contributed by atoms with Gasteiger partial charge >= 0.3 is 0 Å². The lowest BCUT2D eigenvalue weighted by Crippen LogP contribution is -2.46. The van der Waals surface area contributed by atoms with Crippen LogP contribution in [0, 0.1) is 11.8 Å². The number of nitrogens with zero attached hydrogens (tertiary/aromatic N) is 1. The molecule has 3 heterocycles. The Kier molecular flexibility index (Phi) is 11.9. The first-order valence-corrected chi connectivity index (χ1v) is 13.1. The Morgan fingerprint density at radius 1 is 0.789 bits per heavy atom. The van der Waals surface area contributed by atoms with E-state index < -0.39 is 0 Å². The molecule has 5 rings (SSSR count). The van der Waals surface area contributed by atoms with Crippen LogP contribution in [0.5, 0.6) is 23.0 Å². The van der Waals surface area contributed by atoms with Crippen molar-refractivity contribution in [1.29, 1.82) is 0 Å². The number of halogens is 2. The van der Waals surface area contributed by atoms with Crippen molar-refractivity contribution in [1.82, 2.24) is 10.2 Å². The number of nitrogens with one attached hydrogen (secondary N) is 1. The molecule has 4 atom stereocenters. The standard InChI is InChI=1S/C29H40N2O4.2ClH.H2O/c1-6-18-17-31-10-8-20-14-27(33-3)29(35-5)16-23(20)25(31)12-21(18)11-24-22-15-28(34-4)26(32-2)13-19(22)7-9-30-24;;;/h13-16,18,21,24-25,30H,6-12,17H2,1-5H3;2*1H;1H2/t18?,21-,24+,25-;;;/m0.../s1. The van der Waals surface area contributed by atoms with Crippen molar-refractivity contribution >= 4 is 24.8 Å². The molecule has 2 aromatic rings. The fourth-order valence-electron chi connectivity index (χ4n) is 6.74. The van der Waals surface area contributed by atoms with Crippen molar-refractivity contribution in [3.63, 3.8) is 0 Å². The first-order chi connectivity index (χ1) is 17.1.